The van der Waals surface area contributed by atoms with Crippen molar-refractivity contribution in [2.45, 2.75) is 64.3 Å². The molecular weight excluding hydrogens is 336 g/mol. The van der Waals surface area contributed by atoms with Gasteiger partial charge in [0, 0.05) is 24.5 Å². The third kappa shape index (κ3) is 4.71. The minimum Gasteiger partial charge on any atom is -0.353 e. The van der Waals surface area contributed by atoms with Crippen LogP contribution in [0.5, 0.6) is 0 Å². The van der Waals surface area contributed by atoms with E-state index in [2.05, 4.69) is 22.5 Å². The number of unbranched alkanes of at least 4 members (excludes halogenated alkanes) is 1. The minimum absolute atomic E-state index is 0.0494. The molecule has 0 aromatic carbocycles. The Morgan fingerprint density at radius 3 is 3.12 bits per heavy atom. The van der Waals surface area contributed by atoms with Crippen molar-refractivity contribution >= 4 is 28.4 Å². The van der Waals surface area contributed by atoms with Crippen molar-refractivity contribution in [2.24, 2.45) is 5.92 Å². The Balaban J connectivity index is 1.52. The van der Waals surface area contributed by atoms with Crippen LogP contribution in [0.15, 0.2) is 5.38 Å². The summed E-state index contributed by atoms with van der Waals surface area (Å²) in [7, 11) is 0. The first kappa shape index (κ1) is 18.2. The van der Waals surface area contributed by atoms with Gasteiger partial charge in [0.15, 0.2) is 5.13 Å². The SMILES string of the molecule is CCCCC1CCCC1NC(=O)Cc1csc(N2CCCNC2=O)n1. The number of urea groups is 1. The number of nitrogens with one attached hydrogen (secondary N) is 2. The van der Waals surface area contributed by atoms with Gasteiger partial charge in [0.1, 0.15) is 0 Å². The second-order valence-corrected chi connectivity index (χ2v) is 7.88. The summed E-state index contributed by atoms with van der Waals surface area (Å²) in [4.78, 5) is 30.4. The van der Waals surface area contributed by atoms with Gasteiger partial charge in [-0.2, -0.15) is 0 Å². The molecule has 1 aliphatic heterocycles. The highest BCUT2D eigenvalue weighted by atomic mass is 32.1. The summed E-state index contributed by atoms with van der Waals surface area (Å²) in [5, 5.41) is 8.61. The van der Waals surface area contributed by atoms with E-state index in [1.165, 1.54) is 43.4 Å². The molecule has 0 spiro atoms. The van der Waals surface area contributed by atoms with Gasteiger partial charge >= 0.3 is 6.03 Å². The standard InChI is InChI=1S/C18H28N4O2S/c1-2-3-6-13-7-4-8-15(13)21-16(23)11-14-12-25-18(20-14)22-10-5-9-19-17(22)24/h12-13,15H,2-11H2,1H3,(H,19,24)(H,21,23). The summed E-state index contributed by atoms with van der Waals surface area (Å²) in [5.41, 5.74) is 0.749. The van der Waals surface area contributed by atoms with Gasteiger partial charge in [-0.25, -0.2) is 9.78 Å². The first-order valence-electron chi connectivity index (χ1n) is 9.46. The third-order valence-electron chi connectivity index (χ3n) is 5.13. The predicted octanol–water partition coefficient (Wildman–Crippen LogP) is 3.08. The van der Waals surface area contributed by atoms with E-state index < -0.39 is 0 Å². The molecule has 6 nitrogen and oxygen atoms in total. The van der Waals surface area contributed by atoms with Crippen molar-refractivity contribution < 1.29 is 9.59 Å². The van der Waals surface area contributed by atoms with E-state index in [4.69, 9.17) is 0 Å². The summed E-state index contributed by atoms with van der Waals surface area (Å²) in [6, 6.07) is 0.228. The Morgan fingerprint density at radius 2 is 2.32 bits per heavy atom. The zero-order valence-corrected chi connectivity index (χ0v) is 15.7. The number of nitrogens with zero attached hydrogens (tertiary/aromatic N) is 2. The smallest absolute Gasteiger partial charge is 0.323 e. The largest absolute Gasteiger partial charge is 0.353 e. The summed E-state index contributed by atoms with van der Waals surface area (Å²) in [6.07, 6.45) is 8.42. The average Bonchev–Trinajstić information content (AvgIpc) is 3.23. The topological polar surface area (TPSA) is 74.3 Å². The molecule has 1 aliphatic carbocycles. The lowest BCUT2D eigenvalue weighted by Gasteiger charge is -2.24. The van der Waals surface area contributed by atoms with Crippen molar-refractivity contribution in [1.29, 1.82) is 0 Å². The summed E-state index contributed by atoms with van der Waals surface area (Å²) >= 11 is 1.43. The lowest BCUT2D eigenvalue weighted by atomic mass is 9.96. The number of anilines is 1. The molecule has 0 bridgehead atoms. The summed E-state index contributed by atoms with van der Waals surface area (Å²) < 4.78 is 0. The lowest BCUT2D eigenvalue weighted by molar-refractivity contribution is -0.121. The van der Waals surface area contributed by atoms with Crippen LogP contribution in [0.4, 0.5) is 9.93 Å². The molecule has 2 atom stereocenters. The summed E-state index contributed by atoms with van der Waals surface area (Å²) in [5.74, 6) is 0.681. The highest BCUT2D eigenvalue weighted by Gasteiger charge is 2.28. The van der Waals surface area contributed by atoms with E-state index >= 15 is 0 Å². The molecular formula is C18H28N4O2S. The zero-order chi connectivity index (χ0) is 17.6. The molecule has 1 saturated carbocycles. The molecule has 138 valence electrons. The Bertz CT molecular complexity index is 604. The van der Waals surface area contributed by atoms with Gasteiger partial charge in [-0.1, -0.05) is 26.2 Å². The molecule has 2 aliphatic rings. The number of rotatable bonds is 7. The minimum atomic E-state index is -0.0960. The van der Waals surface area contributed by atoms with Crippen LogP contribution in [0.3, 0.4) is 0 Å². The van der Waals surface area contributed by atoms with Crippen molar-refractivity contribution in [3.05, 3.63) is 11.1 Å². The van der Waals surface area contributed by atoms with Crippen LogP contribution >= 0.6 is 11.3 Å². The van der Waals surface area contributed by atoms with Crippen LogP contribution in [0.1, 0.15) is 57.6 Å². The number of hydrogen-bond donors (Lipinski definition) is 2. The summed E-state index contributed by atoms with van der Waals surface area (Å²) in [6.45, 7) is 3.62. The van der Waals surface area contributed by atoms with Crippen molar-refractivity contribution in [1.82, 2.24) is 15.6 Å². The molecule has 1 aromatic rings. The van der Waals surface area contributed by atoms with Gasteiger partial charge in [-0.05, 0) is 31.6 Å². The highest BCUT2D eigenvalue weighted by molar-refractivity contribution is 7.14. The fraction of sp³-hybridized carbons (Fsp3) is 0.722. The fourth-order valence-corrected chi connectivity index (χ4v) is 4.62. The van der Waals surface area contributed by atoms with E-state index in [9.17, 15) is 9.59 Å². The predicted molar refractivity (Wildman–Crippen MR) is 100.0 cm³/mol. The van der Waals surface area contributed by atoms with E-state index in [-0.39, 0.29) is 11.9 Å². The van der Waals surface area contributed by atoms with E-state index in [1.807, 2.05) is 5.38 Å². The van der Waals surface area contributed by atoms with Crippen LogP contribution in [-0.4, -0.2) is 36.1 Å². The van der Waals surface area contributed by atoms with Gasteiger partial charge in [0.2, 0.25) is 5.91 Å². The van der Waals surface area contributed by atoms with Crippen LogP contribution in [0.25, 0.3) is 0 Å². The maximum Gasteiger partial charge on any atom is 0.323 e. The van der Waals surface area contributed by atoms with Crippen molar-refractivity contribution in [3.63, 3.8) is 0 Å². The molecule has 1 saturated heterocycles. The molecule has 3 rings (SSSR count). The zero-order valence-electron chi connectivity index (χ0n) is 14.9. The molecule has 25 heavy (non-hydrogen) atoms. The number of hydrogen-bond acceptors (Lipinski definition) is 4. The number of amides is 3. The molecule has 7 heteroatoms. The molecule has 2 heterocycles. The van der Waals surface area contributed by atoms with Crippen LogP contribution in [-0.2, 0) is 11.2 Å². The molecule has 2 N–H and O–H groups in total. The number of carbonyl (C=O) groups excluding carboxylic acids is 2. The van der Waals surface area contributed by atoms with Crippen LogP contribution in [0.2, 0.25) is 0 Å². The van der Waals surface area contributed by atoms with Crippen molar-refractivity contribution in [2.75, 3.05) is 18.0 Å². The maximum absolute atomic E-state index is 12.4. The van der Waals surface area contributed by atoms with E-state index in [0.29, 0.717) is 30.1 Å². The lowest BCUT2D eigenvalue weighted by Crippen LogP contribution is -2.46. The van der Waals surface area contributed by atoms with Gasteiger partial charge in [-0.15, -0.1) is 11.3 Å². The molecule has 0 radical (unpaired) electrons. The van der Waals surface area contributed by atoms with Gasteiger partial charge in [-0.3, -0.25) is 9.69 Å². The quantitative estimate of drug-likeness (QED) is 0.781. The van der Waals surface area contributed by atoms with Crippen molar-refractivity contribution in [3.8, 4) is 0 Å². The number of thiazole rings is 1. The first-order chi connectivity index (χ1) is 12.2. The molecule has 2 fully saturated rings. The average molecular weight is 365 g/mol. The third-order valence-corrected chi connectivity index (χ3v) is 6.04. The molecule has 3 amide bonds. The fourth-order valence-electron chi connectivity index (χ4n) is 3.77. The number of aromatic nitrogens is 1. The maximum atomic E-state index is 12.4. The highest BCUT2D eigenvalue weighted by Crippen LogP contribution is 2.30. The Hall–Kier alpha value is -1.63. The van der Waals surface area contributed by atoms with Gasteiger partial charge in [0.05, 0.1) is 12.1 Å². The van der Waals surface area contributed by atoms with Crippen LogP contribution < -0.4 is 15.5 Å². The van der Waals surface area contributed by atoms with E-state index in [1.54, 1.807) is 4.90 Å². The number of carbonyl (C=O) groups is 2. The van der Waals surface area contributed by atoms with Crippen LogP contribution in [0, 0.1) is 5.92 Å². The van der Waals surface area contributed by atoms with E-state index in [0.717, 1.165) is 25.1 Å². The monoisotopic (exact) mass is 364 g/mol. The Labute approximate surface area is 153 Å². The molecule has 2 unspecified atom stereocenters. The molecule has 1 aromatic heterocycles. The Morgan fingerprint density at radius 1 is 1.44 bits per heavy atom. The first-order valence-corrected chi connectivity index (χ1v) is 10.3. The Kier molecular flexibility index (Phi) is 6.29. The normalized spacial score (nSPS) is 23.6. The second-order valence-electron chi connectivity index (χ2n) is 7.04. The second kappa shape index (κ2) is 8.65. The van der Waals surface area contributed by atoms with Gasteiger partial charge in [0.25, 0.3) is 0 Å². The van der Waals surface area contributed by atoms with Gasteiger partial charge < -0.3 is 10.6 Å².